The molecule has 1 fully saturated rings. The molecule has 41 heavy (non-hydrogen) atoms. The van der Waals surface area contributed by atoms with Gasteiger partial charge in [-0.05, 0) is 42.5 Å². The van der Waals surface area contributed by atoms with E-state index in [2.05, 4.69) is 37.6 Å². The highest BCUT2D eigenvalue weighted by atomic mass is 32.2. The molecule has 0 bridgehead atoms. The second-order valence-electron chi connectivity index (χ2n) is 8.42. The smallest absolute Gasteiger partial charge is 0.261 e. The predicted molar refractivity (Wildman–Crippen MR) is 153 cm³/mol. The highest BCUT2D eigenvalue weighted by Crippen LogP contribution is 2.23. The first-order valence-electron chi connectivity index (χ1n) is 11.9. The molecular formula is C25H30N6O8S2. The van der Waals surface area contributed by atoms with Gasteiger partial charge in [0.2, 0.25) is 5.95 Å². The highest BCUT2D eigenvalue weighted by molar-refractivity contribution is 7.85. The number of nitrogens with one attached hydrogen (secondary N) is 2. The van der Waals surface area contributed by atoms with E-state index < -0.39 is 20.2 Å². The predicted octanol–water partition coefficient (Wildman–Crippen LogP) is 1.99. The Balaban J connectivity index is 0.000000507. The maximum atomic E-state index is 11.9. The lowest BCUT2D eigenvalue weighted by molar-refractivity contribution is 0.0958. The number of benzene rings is 2. The van der Waals surface area contributed by atoms with Gasteiger partial charge < -0.3 is 20.3 Å². The molecule has 16 heteroatoms. The number of hydrogen-bond acceptors (Lipinski definition) is 11. The van der Waals surface area contributed by atoms with E-state index in [9.17, 15) is 21.6 Å². The normalized spacial score (nSPS) is 12.9. The zero-order chi connectivity index (χ0) is 30.5. The van der Waals surface area contributed by atoms with Gasteiger partial charge in [-0.2, -0.15) is 22.1 Å². The number of morpholine rings is 1. The van der Waals surface area contributed by atoms with Gasteiger partial charge in [-0.25, -0.2) is 9.97 Å². The van der Waals surface area contributed by atoms with Crippen LogP contribution in [0.5, 0.6) is 0 Å². The maximum Gasteiger partial charge on any atom is 0.261 e. The first kappa shape index (κ1) is 33.1. The Hall–Kier alpha value is -4.14. The minimum atomic E-state index is -3.67. The molecule has 2 aromatic carbocycles. The number of rotatable bonds is 6. The molecule has 220 valence electrons. The summed E-state index contributed by atoms with van der Waals surface area (Å²) in [4.78, 5) is 23.1. The standard InChI is InChI=1S/C23H22N6O2.2CH4O3S/c24-10-12-25-22(30)18-3-1-17(2-4-18)21-9-11-26-23(28-21)27-19-5-7-20(8-6-19)29-13-15-31-16-14-29;2*1-5(2,3)4/h1-9,11H,12-16H2,(H,25,30)(H,26,27,28);2*1H3,(H,2,3,4). The van der Waals surface area contributed by atoms with Crippen LogP contribution in [0, 0.1) is 11.3 Å². The average molecular weight is 607 g/mol. The molecular weight excluding hydrogens is 576 g/mol. The molecule has 0 spiro atoms. The van der Waals surface area contributed by atoms with Gasteiger partial charge in [0, 0.05) is 41.8 Å². The fraction of sp³-hybridized carbons (Fsp3) is 0.280. The Bertz CT molecular complexity index is 1490. The quantitative estimate of drug-likeness (QED) is 0.234. The van der Waals surface area contributed by atoms with Crippen LogP contribution in [0.1, 0.15) is 10.4 Å². The summed E-state index contributed by atoms with van der Waals surface area (Å²) < 4.78 is 57.1. The molecule has 1 amide bonds. The van der Waals surface area contributed by atoms with Crippen LogP contribution in [0.15, 0.2) is 60.8 Å². The van der Waals surface area contributed by atoms with Gasteiger partial charge in [0.15, 0.2) is 0 Å². The van der Waals surface area contributed by atoms with Gasteiger partial charge in [0.1, 0.15) is 6.54 Å². The average Bonchev–Trinajstić information content (AvgIpc) is 2.91. The van der Waals surface area contributed by atoms with Crippen molar-refractivity contribution in [3.8, 4) is 17.3 Å². The lowest BCUT2D eigenvalue weighted by Crippen LogP contribution is -2.36. The number of anilines is 3. The van der Waals surface area contributed by atoms with E-state index in [0.717, 1.165) is 43.2 Å². The third-order valence-corrected chi connectivity index (χ3v) is 4.93. The number of carbonyl (C=O) groups is 1. The van der Waals surface area contributed by atoms with Gasteiger partial charge in [0.25, 0.3) is 26.1 Å². The Labute approximate surface area is 238 Å². The molecule has 3 aromatic rings. The second kappa shape index (κ2) is 15.6. The van der Waals surface area contributed by atoms with Crippen LogP contribution in [0.4, 0.5) is 17.3 Å². The number of ether oxygens (including phenoxy) is 1. The minimum Gasteiger partial charge on any atom is -0.378 e. The van der Waals surface area contributed by atoms with Crippen molar-refractivity contribution in [3.05, 3.63) is 66.4 Å². The Morgan fingerprint density at radius 3 is 2.07 bits per heavy atom. The molecule has 1 aliphatic heterocycles. The summed E-state index contributed by atoms with van der Waals surface area (Å²) in [6.45, 7) is 3.29. The molecule has 2 heterocycles. The number of hydrogen-bond donors (Lipinski definition) is 4. The van der Waals surface area contributed by atoms with Crippen molar-refractivity contribution in [3.63, 3.8) is 0 Å². The Kier molecular flexibility index (Phi) is 12.6. The molecule has 0 saturated carbocycles. The van der Waals surface area contributed by atoms with Crippen molar-refractivity contribution >= 4 is 43.5 Å². The summed E-state index contributed by atoms with van der Waals surface area (Å²) in [5.41, 5.74) is 4.17. The van der Waals surface area contributed by atoms with Gasteiger partial charge in [0.05, 0.1) is 37.5 Å². The van der Waals surface area contributed by atoms with Crippen molar-refractivity contribution in [2.75, 3.05) is 55.6 Å². The number of nitriles is 1. The lowest BCUT2D eigenvalue weighted by atomic mass is 10.1. The van der Waals surface area contributed by atoms with E-state index in [0.29, 0.717) is 24.0 Å². The topological polar surface area (TPSA) is 212 Å². The SMILES string of the molecule is CS(=O)(=O)O.CS(=O)(=O)O.N#CCNC(=O)c1ccc(-c2ccnc(Nc3ccc(N4CCOCC4)cc3)n2)cc1. The molecule has 0 radical (unpaired) electrons. The summed E-state index contributed by atoms with van der Waals surface area (Å²) >= 11 is 0. The van der Waals surface area contributed by atoms with Crippen LogP contribution in [0.25, 0.3) is 11.3 Å². The fourth-order valence-electron chi connectivity index (χ4n) is 3.30. The molecule has 1 aliphatic rings. The van der Waals surface area contributed by atoms with Gasteiger partial charge in [-0.15, -0.1) is 0 Å². The molecule has 1 aromatic heterocycles. The number of aromatic nitrogens is 2. The van der Waals surface area contributed by atoms with E-state index in [1.807, 2.05) is 36.4 Å². The summed E-state index contributed by atoms with van der Waals surface area (Å²) in [5, 5.41) is 14.3. The Morgan fingerprint density at radius 2 is 1.54 bits per heavy atom. The molecule has 0 aliphatic carbocycles. The lowest BCUT2D eigenvalue weighted by Gasteiger charge is -2.28. The zero-order valence-electron chi connectivity index (χ0n) is 22.3. The number of nitrogens with zero attached hydrogens (tertiary/aromatic N) is 4. The minimum absolute atomic E-state index is 0.0189. The van der Waals surface area contributed by atoms with E-state index in [1.54, 1.807) is 18.3 Å². The monoisotopic (exact) mass is 606 g/mol. The van der Waals surface area contributed by atoms with Crippen LogP contribution >= 0.6 is 0 Å². The highest BCUT2D eigenvalue weighted by Gasteiger charge is 2.11. The largest absolute Gasteiger partial charge is 0.378 e. The summed E-state index contributed by atoms with van der Waals surface area (Å²) in [5.74, 6) is 0.214. The second-order valence-corrected chi connectivity index (χ2v) is 11.4. The van der Waals surface area contributed by atoms with Gasteiger partial charge in [-0.1, -0.05) is 12.1 Å². The molecule has 0 unspecified atom stereocenters. The maximum absolute atomic E-state index is 11.9. The van der Waals surface area contributed by atoms with E-state index >= 15 is 0 Å². The van der Waals surface area contributed by atoms with Crippen molar-refractivity contribution in [2.45, 2.75) is 0 Å². The van der Waals surface area contributed by atoms with Crippen LogP contribution in [0.2, 0.25) is 0 Å². The molecule has 1 saturated heterocycles. The summed E-state index contributed by atoms with van der Waals surface area (Å²) in [6, 6.07) is 18.9. The zero-order valence-corrected chi connectivity index (χ0v) is 23.9. The van der Waals surface area contributed by atoms with Crippen LogP contribution < -0.4 is 15.5 Å². The van der Waals surface area contributed by atoms with Gasteiger partial charge in [-0.3, -0.25) is 13.9 Å². The number of amides is 1. The van der Waals surface area contributed by atoms with E-state index in [4.69, 9.17) is 19.1 Å². The van der Waals surface area contributed by atoms with Crippen molar-refractivity contribution < 1.29 is 35.5 Å². The third kappa shape index (κ3) is 14.2. The summed E-state index contributed by atoms with van der Waals surface area (Å²) in [6.07, 6.45) is 3.13. The molecule has 4 N–H and O–H groups in total. The Morgan fingerprint density at radius 1 is 0.976 bits per heavy atom. The van der Waals surface area contributed by atoms with Crippen molar-refractivity contribution in [1.82, 2.24) is 15.3 Å². The van der Waals surface area contributed by atoms with Crippen molar-refractivity contribution in [1.29, 1.82) is 5.26 Å². The number of carbonyl (C=O) groups excluding carboxylic acids is 1. The van der Waals surface area contributed by atoms with Crippen LogP contribution in [-0.2, 0) is 25.0 Å². The van der Waals surface area contributed by atoms with Crippen LogP contribution in [-0.4, -0.2) is 87.2 Å². The van der Waals surface area contributed by atoms with Gasteiger partial charge >= 0.3 is 0 Å². The first-order valence-corrected chi connectivity index (χ1v) is 15.6. The molecule has 4 rings (SSSR count). The van der Waals surface area contributed by atoms with Crippen molar-refractivity contribution in [2.24, 2.45) is 0 Å². The fourth-order valence-corrected chi connectivity index (χ4v) is 3.30. The third-order valence-electron chi connectivity index (χ3n) is 4.93. The molecule has 14 nitrogen and oxygen atoms in total. The summed E-state index contributed by atoms with van der Waals surface area (Å²) in [7, 11) is -7.33. The van der Waals surface area contributed by atoms with E-state index in [1.165, 1.54) is 5.69 Å². The first-order chi connectivity index (χ1) is 19.2. The molecule has 0 atom stereocenters. The van der Waals surface area contributed by atoms with E-state index in [-0.39, 0.29) is 12.5 Å². The van der Waals surface area contributed by atoms with Crippen LogP contribution in [0.3, 0.4) is 0 Å².